The first-order valence-electron chi connectivity index (χ1n) is 7.30. The van der Waals surface area contributed by atoms with E-state index in [1.165, 1.54) is 7.11 Å². The zero-order valence-corrected chi connectivity index (χ0v) is 19.9. The summed E-state index contributed by atoms with van der Waals surface area (Å²) in [6.45, 7) is 2.36. The van der Waals surface area contributed by atoms with Crippen molar-refractivity contribution in [1.29, 1.82) is 0 Å². The molecule has 0 aliphatic heterocycles. The Kier molecular flexibility index (Phi) is 8.81. The standard InChI is InChI=1S/C15H18Br4O6/c1-3-25-7-5-15(13(22)23)11(19)9(17)8(16)10(18)14(15,12(20)21)4-6-24-2/h3-7H2,1-2H3,(H,20,21)(H,22,23). The molecular formula is C15H18Br4O6. The van der Waals surface area contributed by atoms with Crippen molar-refractivity contribution < 1.29 is 29.3 Å². The molecule has 0 saturated carbocycles. The molecule has 0 aromatic heterocycles. The van der Waals surface area contributed by atoms with Gasteiger partial charge in [0.25, 0.3) is 0 Å². The maximum atomic E-state index is 12.5. The quantitative estimate of drug-likeness (QED) is 0.369. The van der Waals surface area contributed by atoms with Crippen LogP contribution < -0.4 is 0 Å². The molecule has 2 N–H and O–H groups in total. The Morgan fingerprint density at radius 1 is 0.920 bits per heavy atom. The Hall–Kier alpha value is 0.260. The van der Waals surface area contributed by atoms with Gasteiger partial charge in [-0.3, -0.25) is 9.59 Å². The van der Waals surface area contributed by atoms with Crippen LogP contribution in [0, 0.1) is 10.8 Å². The van der Waals surface area contributed by atoms with Crippen molar-refractivity contribution in [3.63, 3.8) is 0 Å². The smallest absolute Gasteiger partial charge is 0.316 e. The van der Waals surface area contributed by atoms with Crippen LogP contribution in [-0.4, -0.2) is 49.1 Å². The van der Waals surface area contributed by atoms with Crippen molar-refractivity contribution in [3.05, 3.63) is 17.9 Å². The summed E-state index contributed by atoms with van der Waals surface area (Å²) in [6, 6.07) is 0. The molecule has 0 fully saturated rings. The highest BCUT2D eigenvalue weighted by atomic mass is 79.9. The van der Waals surface area contributed by atoms with E-state index in [1.807, 2.05) is 0 Å². The SMILES string of the molecule is CCOCCC1(C(=O)O)C(Br)=C(Br)C(Br)=C(Br)C1(CCOC)C(=O)O. The van der Waals surface area contributed by atoms with Crippen molar-refractivity contribution in [3.8, 4) is 0 Å². The summed E-state index contributed by atoms with van der Waals surface area (Å²) >= 11 is 13.4. The van der Waals surface area contributed by atoms with Crippen LogP contribution in [-0.2, 0) is 19.1 Å². The fourth-order valence-electron chi connectivity index (χ4n) is 2.98. The predicted octanol–water partition coefficient (Wildman–Crippen LogP) is 4.61. The molecule has 2 unspecified atom stereocenters. The normalized spacial score (nSPS) is 27.0. The summed E-state index contributed by atoms with van der Waals surface area (Å²) in [4.78, 5) is 24.9. The molecule has 6 nitrogen and oxygen atoms in total. The Balaban J connectivity index is 3.79. The minimum atomic E-state index is -1.78. The predicted molar refractivity (Wildman–Crippen MR) is 108 cm³/mol. The van der Waals surface area contributed by atoms with Gasteiger partial charge in [-0.15, -0.1) is 0 Å². The molecular weight excluding hydrogens is 596 g/mol. The van der Waals surface area contributed by atoms with Gasteiger partial charge in [-0.2, -0.15) is 0 Å². The maximum absolute atomic E-state index is 12.5. The Morgan fingerprint density at radius 2 is 1.32 bits per heavy atom. The van der Waals surface area contributed by atoms with E-state index in [0.29, 0.717) is 15.6 Å². The lowest BCUT2D eigenvalue weighted by Gasteiger charge is -2.48. The van der Waals surface area contributed by atoms with Crippen LogP contribution in [0.1, 0.15) is 19.8 Å². The van der Waals surface area contributed by atoms with E-state index in [1.54, 1.807) is 6.92 Å². The molecule has 10 heteroatoms. The van der Waals surface area contributed by atoms with Gasteiger partial charge in [0.05, 0.1) is 0 Å². The average molecular weight is 614 g/mol. The van der Waals surface area contributed by atoms with Gasteiger partial charge in [0, 0.05) is 44.9 Å². The molecule has 142 valence electrons. The van der Waals surface area contributed by atoms with E-state index in [0.717, 1.165) is 0 Å². The summed E-state index contributed by atoms with van der Waals surface area (Å²) in [5, 5.41) is 20.3. The molecule has 0 spiro atoms. The van der Waals surface area contributed by atoms with Gasteiger partial charge in [-0.25, -0.2) is 0 Å². The van der Waals surface area contributed by atoms with E-state index < -0.39 is 22.8 Å². The highest BCUT2D eigenvalue weighted by molar-refractivity contribution is 9.17. The molecule has 1 aliphatic rings. The van der Waals surface area contributed by atoms with Gasteiger partial charge in [-0.05, 0) is 51.6 Å². The van der Waals surface area contributed by atoms with E-state index >= 15 is 0 Å². The second kappa shape index (κ2) is 9.45. The van der Waals surface area contributed by atoms with Crippen LogP contribution >= 0.6 is 63.7 Å². The fraction of sp³-hybridized carbons (Fsp3) is 0.600. The third kappa shape index (κ3) is 3.80. The molecule has 0 saturated heterocycles. The Bertz CT molecular complexity index is 617. The number of methoxy groups -OCH3 is 1. The average Bonchev–Trinajstić information content (AvgIpc) is 2.56. The van der Waals surface area contributed by atoms with Gasteiger partial charge in [0.2, 0.25) is 0 Å². The highest BCUT2D eigenvalue weighted by Crippen LogP contribution is 2.64. The van der Waals surface area contributed by atoms with Crippen molar-refractivity contribution in [1.82, 2.24) is 0 Å². The van der Waals surface area contributed by atoms with Crippen LogP contribution in [0.2, 0.25) is 0 Å². The number of allylic oxidation sites excluding steroid dienone is 2. The minimum absolute atomic E-state index is 0.0305. The molecule has 0 aromatic rings. The van der Waals surface area contributed by atoms with E-state index in [4.69, 9.17) is 9.47 Å². The Labute approximate surface area is 179 Å². The van der Waals surface area contributed by atoms with Gasteiger partial charge >= 0.3 is 11.9 Å². The van der Waals surface area contributed by atoms with Gasteiger partial charge in [-0.1, -0.05) is 31.9 Å². The lowest BCUT2D eigenvalue weighted by atomic mass is 9.58. The third-order valence-electron chi connectivity index (χ3n) is 4.29. The second-order valence-electron chi connectivity index (χ2n) is 5.37. The van der Waals surface area contributed by atoms with Gasteiger partial charge in [0.15, 0.2) is 0 Å². The number of hydrogen-bond donors (Lipinski definition) is 2. The largest absolute Gasteiger partial charge is 0.481 e. The first-order chi connectivity index (χ1) is 11.6. The minimum Gasteiger partial charge on any atom is -0.481 e. The first-order valence-corrected chi connectivity index (χ1v) is 10.5. The lowest BCUT2D eigenvalue weighted by Crippen LogP contribution is -2.56. The van der Waals surface area contributed by atoms with E-state index in [9.17, 15) is 19.8 Å². The number of rotatable bonds is 9. The van der Waals surface area contributed by atoms with Gasteiger partial charge < -0.3 is 19.7 Å². The number of halogens is 4. The monoisotopic (exact) mass is 610 g/mol. The Morgan fingerprint density at radius 3 is 1.64 bits per heavy atom. The second-order valence-corrected chi connectivity index (χ2v) is 8.54. The number of carboxylic acid groups (broad SMARTS) is 2. The van der Waals surface area contributed by atoms with E-state index in [2.05, 4.69) is 63.7 Å². The van der Waals surface area contributed by atoms with E-state index in [-0.39, 0.29) is 35.0 Å². The van der Waals surface area contributed by atoms with Crippen LogP contribution in [0.3, 0.4) is 0 Å². The van der Waals surface area contributed by atoms with Crippen LogP contribution in [0.5, 0.6) is 0 Å². The number of carbonyl (C=O) groups is 2. The van der Waals surface area contributed by atoms with Crippen LogP contribution in [0.25, 0.3) is 0 Å². The molecule has 1 rings (SSSR count). The third-order valence-corrected chi connectivity index (χ3v) is 9.62. The molecule has 2 atom stereocenters. The molecule has 0 aromatic carbocycles. The number of ether oxygens (including phenoxy) is 2. The molecule has 0 amide bonds. The van der Waals surface area contributed by atoms with Crippen molar-refractivity contribution in [2.75, 3.05) is 26.9 Å². The van der Waals surface area contributed by atoms with Crippen molar-refractivity contribution in [2.24, 2.45) is 10.8 Å². The summed E-state index contributed by atoms with van der Waals surface area (Å²) in [5.74, 6) is -2.52. The maximum Gasteiger partial charge on any atom is 0.316 e. The summed E-state index contributed by atoms with van der Waals surface area (Å²) in [5.41, 5.74) is -3.55. The van der Waals surface area contributed by atoms with Crippen molar-refractivity contribution in [2.45, 2.75) is 19.8 Å². The lowest BCUT2D eigenvalue weighted by molar-refractivity contribution is -0.169. The van der Waals surface area contributed by atoms with Crippen LogP contribution in [0.4, 0.5) is 0 Å². The summed E-state index contributed by atoms with van der Waals surface area (Å²) in [7, 11) is 1.44. The van der Waals surface area contributed by atoms with Crippen molar-refractivity contribution >= 4 is 75.7 Å². The molecule has 0 heterocycles. The number of carboxylic acids is 2. The summed E-state index contributed by atoms with van der Waals surface area (Å²) < 4.78 is 11.8. The molecule has 0 bridgehead atoms. The molecule has 25 heavy (non-hydrogen) atoms. The topological polar surface area (TPSA) is 93.1 Å². The highest BCUT2D eigenvalue weighted by Gasteiger charge is 2.67. The molecule has 1 aliphatic carbocycles. The zero-order valence-electron chi connectivity index (χ0n) is 13.6. The summed E-state index contributed by atoms with van der Waals surface area (Å²) in [6.07, 6.45) is -0.0699. The number of hydrogen-bond acceptors (Lipinski definition) is 4. The van der Waals surface area contributed by atoms with Crippen LogP contribution in [0.15, 0.2) is 17.9 Å². The molecule has 0 radical (unpaired) electrons. The number of aliphatic carboxylic acids is 2. The fourth-order valence-corrected chi connectivity index (χ4v) is 6.39. The first kappa shape index (κ1) is 23.3. The van der Waals surface area contributed by atoms with Gasteiger partial charge in [0.1, 0.15) is 10.8 Å². The zero-order chi connectivity index (χ0) is 19.4.